The quantitative estimate of drug-likeness (QED) is 0.158. The average Bonchev–Trinajstić information content (AvgIpc) is 2.60. The van der Waals surface area contributed by atoms with Crippen molar-refractivity contribution in [3.63, 3.8) is 0 Å². The van der Waals surface area contributed by atoms with Gasteiger partial charge in [0.15, 0.2) is 0 Å². The molecular weight excluding hydrogens is 411 g/mol. The molecule has 0 saturated heterocycles. The van der Waals surface area contributed by atoms with E-state index in [1.165, 1.54) is 64.2 Å². The Morgan fingerprint density at radius 3 is 1.28 bits per heavy atom. The van der Waals surface area contributed by atoms with Crippen molar-refractivity contribution >= 4 is 26.9 Å². The van der Waals surface area contributed by atoms with Crippen molar-refractivity contribution in [3.8, 4) is 0 Å². The van der Waals surface area contributed by atoms with E-state index >= 15 is 0 Å². The van der Waals surface area contributed by atoms with Gasteiger partial charge in [0, 0.05) is 5.92 Å². The molecule has 150 valence electrons. The van der Waals surface area contributed by atoms with E-state index in [-0.39, 0.29) is 21.1 Å². The summed E-state index contributed by atoms with van der Waals surface area (Å²) in [5, 5.41) is 0. The van der Waals surface area contributed by atoms with Gasteiger partial charge in [-0.15, -0.1) is 0 Å². The Balaban J connectivity index is 0. The van der Waals surface area contributed by atoms with Crippen molar-refractivity contribution in [1.29, 1.82) is 0 Å². The average molecular weight is 459 g/mol. The number of unbranched alkanes of at least 4 members (excludes halogenated alkanes) is 10. The Labute approximate surface area is 170 Å². The summed E-state index contributed by atoms with van der Waals surface area (Å²) in [6, 6.07) is 0. The fourth-order valence-electron chi connectivity index (χ4n) is 3.05. The predicted molar refractivity (Wildman–Crippen MR) is 117 cm³/mol. The van der Waals surface area contributed by atoms with Gasteiger partial charge in [0.05, 0.1) is 0 Å². The summed E-state index contributed by atoms with van der Waals surface area (Å²) in [6.45, 7) is 10.4. The summed E-state index contributed by atoms with van der Waals surface area (Å²) in [5.74, 6) is 0.644. The van der Waals surface area contributed by atoms with Crippen LogP contribution in [0.3, 0.4) is 0 Å². The van der Waals surface area contributed by atoms with Crippen LogP contribution in [0.4, 0.5) is 0 Å². The van der Waals surface area contributed by atoms with Gasteiger partial charge in [-0.05, 0) is 19.8 Å². The normalized spacial score (nSPS) is 10.6. The van der Waals surface area contributed by atoms with Gasteiger partial charge in [-0.2, -0.15) is 0 Å². The Hall–Kier alpha value is 0.469. The number of Topliss-reactive ketones (excluding diaryl/α,β-unsaturated/α-hetero) is 1. The maximum absolute atomic E-state index is 10.6. The summed E-state index contributed by atoms with van der Waals surface area (Å²) in [6.07, 6.45) is 19.8. The maximum atomic E-state index is 10.6. The third-order valence-corrected chi connectivity index (χ3v) is 9.01. The molecule has 25 heavy (non-hydrogen) atoms. The van der Waals surface area contributed by atoms with Gasteiger partial charge in [0.1, 0.15) is 5.78 Å². The van der Waals surface area contributed by atoms with E-state index in [2.05, 4.69) is 27.7 Å². The Morgan fingerprint density at radius 1 is 0.640 bits per heavy atom. The fraction of sp³-hybridized carbons (Fsp3) is 0.957. The van der Waals surface area contributed by atoms with Crippen LogP contribution in [0.25, 0.3) is 0 Å². The second-order valence-corrected chi connectivity index (χ2v) is 11.7. The van der Waals surface area contributed by atoms with E-state index in [9.17, 15) is 4.79 Å². The van der Waals surface area contributed by atoms with Crippen LogP contribution in [0.15, 0.2) is 0 Å². The molecule has 0 amide bonds. The van der Waals surface area contributed by atoms with Crippen LogP contribution < -0.4 is 0 Å². The molecule has 0 aliphatic rings. The van der Waals surface area contributed by atoms with Crippen molar-refractivity contribution in [2.75, 3.05) is 0 Å². The minimum atomic E-state index is 0.0736. The molecule has 1 nitrogen and oxygen atoms in total. The van der Waals surface area contributed by atoms with E-state index in [1.54, 1.807) is 28.6 Å². The molecule has 0 saturated carbocycles. The standard InChI is InChI=1S/2C8H17.C7H14O.Sn/c2*1-3-5-7-8-6-4-2;1-4-7(5-2)6(3)8;/h2*1,3-8H2,2H3;7H,4-5H2,1-3H3;. The van der Waals surface area contributed by atoms with Crippen molar-refractivity contribution in [3.05, 3.63) is 0 Å². The molecule has 0 atom stereocenters. The van der Waals surface area contributed by atoms with Crippen LogP contribution in [-0.2, 0) is 4.79 Å². The van der Waals surface area contributed by atoms with E-state index in [4.69, 9.17) is 0 Å². The summed E-state index contributed by atoms with van der Waals surface area (Å²) >= 11 is 0.0736. The molecule has 0 aromatic carbocycles. The van der Waals surface area contributed by atoms with Crippen LogP contribution in [0.5, 0.6) is 0 Å². The fourth-order valence-corrected chi connectivity index (χ4v) is 6.62. The molecule has 0 heterocycles. The van der Waals surface area contributed by atoms with Crippen molar-refractivity contribution < 1.29 is 4.79 Å². The van der Waals surface area contributed by atoms with Crippen LogP contribution in [-0.4, -0.2) is 26.9 Å². The first kappa shape index (κ1) is 27.7. The third kappa shape index (κ3) is 24.5. The van der Waals surface area contributed by atoms with E-state index in [1.807, 2.05) is 0 Å². The first-order valence-corrected chi connectivity index (χ1v) is 15.4. The number of hydrogen-bond donors (Lipinski definition) is 0. The van der Waals surface area contributed by atoms with E-state index in [0.29, 0.717) is 11.7 Å². The predicted octanol–water partition coefficient (Wildman–Crippen LogP) is 8.26. The topological polar surface area (TPSA) is 17.1 Å². The molecule has 0 rings (SSSR count). The molecular formula is C23H48OSn. The van der Waals surface area contributed by atoms with E-state index in [0.717, 1.165) is 12.8 Å². The Bertz CT molecular complexity index is 234. The number of rotatable bonds is 17. The van der Waals surface area contributed by atoms with Crippen molar-refractivity contribution in [2.45, 2.75) is 133 Å². The number of ketones is 1. The molecule has 0 fully saturated rings. The molecule has 0 spiro atoms. The zero-order valence-electron chi connectivity index (χ0n) is 18.3. The summed E-state index contributed by atoms with van der Waals surface area (Å²) < 4.78 is 3.31. The number of hydrogen-bond acceptors (Lipinski definition) is 1. The summed E-state index contributed by atoms with van der Waals surface area (Å²) in [5.41, 5.74) is 0. The Kier molecular flexibility index (Phi) is 27.1. The van der Waals surface area contributed by atoms with Crippen LogP contribution in [0.1, 0.15) is 125 Å². The molecule has 2 radical (unpaired) electrons. The van der Waals surface area contributed by atoms with Gasteiger partial charge in [-0.1, -0.05) is 13.8 Å². The number of carbonyl (C=O) groups is 1. The first-order chi connectivity index (χ1) is 12.1. The SMILES string of the molecule is CCC(CC)C(C)=O.CCCCCCC[CH2][Sn][CH2]CCCCCCC. The summed E-state index contributed by atoms with van der Waals surface area (Å²) in [7, 11) is 0. The molecule has 0 aromatic heterocycles. The van der Waals surface area contributed by atoms with Gasteiger partial charge >= 0.3 is 121 Å². The third-order valence-electron chi connectivity index (χ3n) is 4.97. The summed E-state index contributed by atoms with van der Waals surface area (Å²) in [4.78, 5) is 10.6. The molecule has 0 bridgehead atoms. The van der Waals surface area contributed by atoms with Crippen molar-refractivity contribution in [1.82, 2.24) is 0 Å². The van der Waals surface area contributed by atoms with E-state index < -0.39 is 0 Å². The first-order valence-electron chi connectivity index (χ1n) is 11.3. The van der Waals surface area contributed by atoms with Crippen molar-refractivity contribution in [2.24, 2.45) is 5.92 Å². The van der Waals surface area contributed by atoms with Crippen LogP contribution >= 0.6 is 0 Å². The molecule has 0 N–H and O–H groups in total. The zero-order valence-corrected chi connectivity index (χ0v) is 21.2. The minimum absolute atomic E-state index is 0.0736. The second kappa shape index (κ2) is 24.5. The van der Waals surface area contributed by atoms with Gasteiger partial charge < -0.3 is 0 Å². The van der Waals surface area contributed by atoms with Crippen LogP contribution in [0.2, 0.25) is 8.87 Å². The van der Waals surface area contributed by atoms with Gasteiger partial charge in [0.2, 0.25) is 0 Å². The molecule has 0 aliphatic carbocycles. The molecule has 2 heteroatoms. The molecule has 0 aliphatic heterocycles. The van der Waals surface area contributed by atoms with Gasteiger partial charge in [0.25, 0.3) is 0 Å². The monoisotopic (exact) mass is 460 g/mol. The zero-order chi connectivity index (χ0) is 19.2. The van der Waals surface area contributed by atoms with Gasteiger partial charge in [-0.25, -0.2) is 0 Å². The van der Waals surface area contributed by atoms with Crippen LogP contribution in [0, 0.1) is 5.92 Å². The Morgan fingerprint density at radius 2 is 1.00 bits per heavy atom. The molecule has 0 aromatic rings. The second-order valence-electron chi connectivity index (χ2n) is 7.41. The number of carbonyl (C=O) groups excluding carboxylic acids is 1. The van der Waals surface area contributed by atoms with Gasteiger partial charge in [-0.3, -0.25) is 4.79 Å². The molecule has 0 unspecified atom stereocenters.